The molecule has 0 aliphatic rings. The minimum Gasteiger partial charge on any atom is -0.320 e. The lowest BCUT2D eigenvalue weighted by Crippen LogP contribution is -2.14. The number of nitrogens with zero attached hydrogens (tertiary/aromatic N) is 2. The molecule has 0 spiro atoms. The van der Waals surface area contributed by atoms with E-state index in [-0.39, 0.29) is 11.8 Å². The first-order chi connectivity index (χ1) is 17.2. The third-order valence-corrected chi connectivity index (χ3v) is 7.19. The summed E-state index contributed by atoms with van der Waals surface area (Å²) < 4.78 is 0. The molecule has 2 aromatic heterocycles. The number of anilines is 2. The molecule has 0 atom stereocenters. The van der Waals surface area contributed by atoms with Crippen molar-refractivity contribution in [1.29, 1.82) is 0 Å². The Hall–Kier alpha value is -3.62. The number of benzene rings is 2. The molecule has 0 bridgehead atoms. The minimum atomic E-state index is -0.224. The van der Waals surface area contributed by atoms with Crippen LogP contribution in [-0.2, 0) is 0 Å². The second-order valence-corrected chi connectivity index (χ2v) is 9.65. The highest BCUT2D eigenvalue weighted by Gasteiger charge is 2.11. The van der Waals surface area contributed by atoms with Crippen LogP contribution in [0.1, 0.15) is 27.4 Å². The Balaban J connectivity index is 1.28. The molecular weight excluding hydrogens is 476 g/mol. The van der Waals surface area contributed by atoms with E-state index in [1.807, 2.05) is 48.5 Å². The normalized spacial score (nSPS) is 10.5. The van der Waals surface area contributed by atoms with Crippen LogP contribution in [0.15, 0.2) is 107 Å². The Bertz CT molecular complexity index is 1170. The Morgan fingerprint density at radius 3 is 1.46 bits per heavy atom. The number of pyridine rings is 2. The molecule has 2 aromatic carbocycles. The van der Waals surface area contributed by atoms with Gasteiger partial charge in [0, 0.05) is 22.2 Å². The monoisotopic (exact) mass is 500 g/mol. The van der Waals surface area contributed by atoms with Gasteiger partial charge < -0.3 is 10.6 Å². The fourth-order valence-corrected chi connectivity index (χ4v) is 5.28. The number of aromatic nitrogens is 2. The molecule has 4 rings (SSSR count). The van der Waals surface area contributed by atoms with Crippen LogP contribution in [0.25, 0.3) is 0 Å². The molecule has 6 nitrogen and oxygen atoms in total. The van der Waals surface area contributed by atoms with E-state index < -0.39 is 0 Å². The largest absolute Gasteiger partial charge is 0.320 e. The van der Waals surface area contributed by atoms with Crippen molar-refractivity contribution in [3.05, 3.63) is 109 Å². The van der Waals surface area contributed by atoms with Gasteiger partial charge in [-0.05, 0) is 66.5 Å². The SMILES string of the molecule is O=C(Nc1ccccc1SCCCSc1ccccc1NC(=O)c1ccccn1)c1ccccn1. The number of thioether (sulfide) groups is 2. The molecule has 0 saturated carbocycles. The van der Waals surface area contributed by atoms with E-state index in [1.54, 1.807) is 72.3 Å². The van der Waals surface area contributed by atoms with Crippen molar-refractivity contribution in [2.75, 3.05) is 22.1 Å². The molecule has 8 heteroatoms. The summed E-state index contributed by atoms with van der Waals surface area (Å²) in [6, 6.07) is 26.1. The molecule has 0 aliphatic heterocycles. The number of carbonyl (C=O) groups excluding carboxylic acids is 2. The number of nitrogens with one attached hydrogen (secondary N) is 2. The van der Waals surface area contributed by atoms with Crippen molar-refractivity contribution in [3.8, 4) is 0 Å². The summed E-state index contributed by atoms with van der Waals surface area (Å²) in [7, 11) is 0. The number of hydrogen-bond donors (Lipinski definition) is 2. The molecule has 0 unspecified atom stereocenters. The van der Waals surface area contributed by atoms with Gasteiger partial charge in [-0.15, -0.1) is 23.5 Å². The highest BCUT2D eigenvalue weighted by atomic mass is 32.2. The Kier molecular flexibility index (Phi) is 8.91. The lowest BCUT2D eigenvalue weighted by Gasteiger charge is -2.12. The van der Waals surface area contributed by atoms with Crippen LogP contribution in [0.3, 0.4) is 0 Å². The molecule has 35 heavy (non-hydrogen) atoms. The van der Waals surface area contributed by atoms with Crippen LogP contribution in [0.5, 0.6) is 0 Å². The third-order valence-electron chi connectivity index (χ3n) is 4.87. The molecule has 2 amide bonds. The quantitative estimate of drug-likeness (QED) is 0.198. The van der Waals surface area contributed by atoms with E-state index in [0.717, 1.165) is 39.1 Å². The number of para-hydroxylation sites is 2. The molecule has 0 fully saturated rings. The predicted octanol–water partition coefficient (Wildman–Crippen LogP) is 6.26. The summed E-state index contributed by atoms with van der Waals surface area (Å²) in [6.07, 6.45) is 4.17. The van der Waals surface area contributed by atoms with Crippen molar-refractivity contribution in [2.24, 2.45) is 0 Å². The number of hydrogen-bond acceptors (Lipinski definition) is 6. The average molecular weight is 501 g/mol. The van der Waals surface area contributed by atoms with Crippen molar-refractivity contribution in [1.82, 2.24) is 9.97 Å². The van der Waals surface area contributed by atoms with E-state index in [4.69, 9.17) is 0 Å². The second-order valence-electron chi connectivity index (χ2n) is 7.38. The van der Waals surface area contributed by atoms with E-state index in [2.05, 4.69) is 20.6 Å². The van der Waals surface area contributed by atoms with Gasteiger partial charge in [-0.2, -0.15) is 0 Å². The standard InChI is InChI=1S/C27H24N4O2S2/c32-26(22-12-5-7-16-28-22)30-20-10-1-3-14-24(20)34-18-9-19-35-25-15-4-2-11-21(25)31-27(33)23-13-6-8-17-29-23/h1-8,10-17H,9,18-19H2,(H,30,32)(H,31,33). The van der Waals surface area contributed by atoms with Crippen molar-refractivity contribution >= 4 is 46.7 Å². The van der Waals surface area contributed by atoms with Gasteiger partial charge in [0.05, 0.1) is 11.4 Å². The predicted molar refractivity (Wildman–Crippen MR) is 143 cm³/mol. The maximum Gasteiger partial charge on any atom is 0.274 e. The fourth-order valence-electron chi connectivity index (χ4n) is 3.18. The van der Waals surface area contributed by atoms with Crippen LogP contribution < -0.4 is 10.6 Å². The van der Waals surface area contributed by atoms with Crippen molar-refractivity contribution in [3.63, 3.8) is 0 Å². The van der Waals surface area contributed by atoms with Gasteiger partial charge in [0.2, 0.25) is 0 Å². The van der Waals surface area contributed by atoms with E-state index in [9.17, 15) is 9.59 Å². The van der Waals surface area contributed by atoms with Gasteiger partial charge in [-0.3, -0.25) is 19.6 Å². The fraction of sp³-hybridized carbons (Fsp3) is 0.111. The molecule has 0 aliphatic carbocycles. The van der Waals surface area contributed by atoms with Crippen LogP contribution in [0.2, 0.25) is 0 Å². The summed E-state index contributed by atoms with van der Waals surface area (Å²) in [5.41, 5.74) is 2.33. The number of rotatable bonds is 10. The molecule has 2 heterocycles. The van der Waals surface area contributed by atoms with Crippen molar-refractivity contribution in [2.45, 2.75) is 16.2 Å². The van der Waals surface area contributed by atoms with Gasteiger partial charge in [0.25, 0.3) is 11.8 Å². The number of amides is 2. The Labute approximate surface area is 213 Å². The first-order valence-electron chi connectivity index (χ1n) is 11.1. The average Bonchev–Trinajstić information content (AvgIpc) is 2.91. The van der Waals surface area contributed by atoms with Crippen LogP contribution in [-0.4, -0.2) is 33.3 Å². The molecule has 2 N–H and O–H groups in total. The van der Waals surface area contributed by atoms with Gasteiger partial charge in [0.15, 0.2) is 0 Å². The summed E-state index contributed by atoms with van der Waals surface area (Å²) in [5, 5.41) is 5.92. The minimum absolute atomic E-state index is 0.224. The van der Waals surface area contributed by atoms with E-state index >= 15 is 0 Å². The van der Waals surface area contributed by atoms with Gasteiger partial charge in [0.1, 0.15) is 11.4 Å². The first-order valence-corrected chi connectivity index (χ1v) is 13.1. The molecule has 0 radical (unpaired) electrons. The lowest BCUT2D eigenvalue weighted by atomic mass is 10.3. The third kappa shape index (κ3) is 7.18. The summed E-state index contributed by atoms with van der Waals surface area (Å²) >= 11 is 3.41. The summed E-state index contributed by atoms with van der Waals surface area (Å²) in [4.78, 5) is 35.2. The highest BCUT2D eigenvalue weighted by Crippen LogP contribution is 2.31. The van der Waals surface area contributed by atoms with Crippen LogP contribution >= 0.6 is 23.5 Å². The van der Waals surface area contributed by atoms with Gasteiger partial charge >= 0.3 is 0 Å². The van der Waals surface area contributed by atoms with E-state index in [1.165, 1.54) is 0 Å². The van der Waals surface area contributed by atoms with Crippen LogP contribution in [0, 0.1) is 0 Å². The van der Waals surface area contributed by atoms with Crippen molar-refractivity contribution < 1.29 is 9.59 Å². The Morgan fingerprint density at radius 2 is 1.03 bits per heavy atom. The van der Waals surface area contributed by atoms with Gasteiger partial charge in [-0.25, -0.2) is 0 Å². The zero-order valence-electron chi connectivity index (χ0n) is 18.9. The Morgan fingerprint density at radius 1 is 0.600 bits per heavy atom. The molecule has 4 aromatic rings. The maximum absolute atomic E-state index is 12.5. The number of carbonyl (C=O) groups is 2. The highest BCUT2D eigenvalue weighted by molar-refractivity contribution is 8.00. The zero-order valence-corrected chi connectivity index (χ0v) is 20.5. The second kappa shape index (κ2) is 12.7. The summed E-state index contributed by atoms with van der Waals surface area (Å²) in [6.45, 7) is 0. The zero-order chi connectivity index (χ0) is 24.3. The lowest BCUT2D eigenvalue weighted by molar-refractivity contribution is 0.101. The molecular formula is C27H24N4O2S2. The van der Waals surface area contributed by atoms with Crippen LogP contribution in [0.4, 0.5) is 11.4 Å². The molecule has 176 valence electrons. The summed E-state index contributed by atoms with van der Waals surface area (Å²) in [5.74, 6) is 1.34. The van der Waals surface area contributed by atoms with E-state index in [0.29, 0.717) is 11.4 Å². The molecule has 0 saturated heterocycles. The topological polar surface area (TPSA) is 84.0 Å². The first kappa shape index (κ1) is 24.5. The van der Waals surface area contributed by atoms with Gasteiger partial charge in [-0.1, -0.05) is 36.4 Å². The smallest absolute Gasteiger partial charge is 0.274 e. The maximum atomic E-state index is 12.5.